The van der Waals surface area contributed by atoms with Crippen molar-refractivity contribution in [1.82, 2.24) is 10.3 Å². The Kier molecular flexibility index (Phi) is 5.48. The minimum atomic E-state index is -0.306. The number of carbonyl (C=O) groups is 2. The number of thiazole rings is 1. The van der Waals surface area contributed by atoms with Crippen molar-refractivity contribution >= 4 is 34.4 Å². The van der Waals surface area contributed by atoms with Crippen LogP contribution in [0.4, 0.5) is 9.52 Å². The lowest BCUT2D eigenvalue weighted by Crippen LogP contribution is -2.25. The van der Waals surface area contributed by atoms with Crippen LogP contribution in [-0.4, -0.2) is 22.8 Å². The lowest BCUT2D eigenvalue weighted by atomic mass is 10.1. The summed E-state index contributed by atoms with van der Waals surface area (Å²) in [6, 6.07) is 13.4. The van der Waals surface area contributed by atoms with E-state index in [0.29, 0.717) is 22.4 Å². The summed E-state index contributed by atoms with van der Waals surface area (Å²) in [5, 5.41) is 7.92. The topological polar surface area (TPSA) is 71.1 Å². The largest absolute Gasteiger partial charge is 0.349 e. The lowest BCUT2D eigenvalue weighted by Gasteiger charge is -2.03. The third-order valence-corrected chi connectivity index (χ3v) is 5.14. The molecule has 1 aromatic heterocycles. The number of hydrogen-bond acceptors (Lipinski definition) is 4. The number of amides is 2. The molecule has 1 saturated carbocycles. The number of halogens is 1. The first-order valence-corrected chi connectivity index (χ1v) is 10.1. The van der Waals surface area contributed by atoms with Gasteiger partial charge in [0, 0.05) is 28.6 Å². The molecule has 0 bridgehead atoms. The molecule has 0 atom stereocenters. The molecular formula is C22H18FN3O2S. The summed E-state index contributed by atoms with van der Waals surface area (Å²) in [5.74, 6) is -0.679. The molecule has 4 rings (SSSR count). The second kappa shape index (κ2) is 8.36. The van der Waals surface area contributed by atoms with Crippen LogP contribution < -0.4 is 10.6 Å². The van der Waals surface area contributed by atoms with Crippen LogP contribution in [0.2, 0.25) is 0 Å². The zero-order valence-electron chi connectivity index (χ0n) is 15.4. The maximum atomic E-state index is 13.0. The number of nitrogens with zero attached hydrogens (tertiary/aromatic N) is 1. The van der Waals surface area contributed by atoms with Gasteiger partial charge in [-0.05, 0) is 60.9 Å². The van der Waals surface area contributed by atoms with Gasteiger partial charge in [-0.15, -0.1) is 11.3 Å². The lowest BCUT2D eigenvalue weighted by molar-refractivity contribution is -0.111. The van der Waals surface area contributed by atoms with Crippen LogP contribution in [0.3, 0.4) is 0 Å². The molecule has 2 N–H and O–H groups in total. The van der Waals surface area contributed by atoms with E-state index in [0.717, 1.165) is 24.0 Å². The third kappa shape index (κ3) is 5.14. The Balaban J connectivity index is 1.34. The Morgan fingerprint density at radius 1 is 1.07 bits per heavy atom. The van der Waals surface area contributed by atoms with E-state index < -0.39 is 0 Å². The molecule has 1 fully saturated rings. The van der Waals surface area contributed by atoms with Gasteiger partial charge in [-0.25, -0.2) is 9.37 Å². The van der Waals surface area contributed by atoms with Crippen molar-refractivity contribution in [2.45, 2.75) is 18.9 Å². The Morgan fingerprint density at radius 3 is 2.48 bits per heavy atom. The highest BCUT2D eigenvalue weighted by Crippen LogP contribution is 2.25. The van der Waals surface area contributed by atoms with E-state index in [1.54, 1.807) is 47.9 Å². The normalized spacial score (nSPS) is 13.4. The Bertz CT molecular complexity index is 1050. The van der Waals surface area contributed by atoms with Crippen molar-refractivity contribution < 1.29 is 14.0 Å². The SMILES string of the molecule is O=C(/C=C/c1ccc(C(=O)NC2CC2)cc1)Nc1nc(-c2ccc(F)cc2)cs1. The Morgan fingerprint density at radius 2 is 1.79 bits per heavy atom. The molecular weight excluding hydrogens is 389 g/mol. The molecule has 146 valence electrons. The molecule has 2 aromatic carbocycles. The summed E-state index contributed by atoms with van der Waals surface area (Å²) in [4.78, 5) is 28.5. The van der Waals surface area contributed by atoms with Gasteiger partial charge >= 0.3 is 0 Å². The Hall–Kier alpha value is -3.32. The van der Waals surface area contributed by atoms with Gasteiger partial charge in [0.25, 0.3) is 5.91 Å². The van der Waals surface area contributed by atoms with E-state index in [4.69, 9.17) is 0 Å². The molecule has 7 heteroatoms. The average molecular weight is 407 g/mol. The summed E-state index contributed by atoms with van der Waals surface area (Å²) < 4.78 is 13.0. The molecule has 0 spiro atoms. The van der Waals surface area contributed by atoms with Gasteiger partial charge in [-0.2, -0.15) is 0 Å². The monoisotopic (exact) mass is 407 g/mol. The van der Waals surface area contributed by atoms with Crippen LogP contribution in [-0.2, 0) is 4.79 Å². The molecule has 0 saturated heterocycles. The second-order valence-electron chi connectivity index (χ2n) is 6.74. The summed E-state index contributed by atoms with van der Waals surface area (Å²) in [6.45, 7) is 0. The molecule has 1 aliphatic rings. The van der Waals surface area contributed by atoms with Gasteiger partial charge in [0.1, 0.15) is 5.82 Å². The summed E-state index contributed by atoms with van der Waals surface area (Å²) in [6.07, 6.45) is 5.18. The van der Waals surface area contributed by atoms with Gasteiger partial charge < -0.3 is 5.32 Å². The van der Waals surface area contributed by atoms with Crippen molar-refractivity contribution in [3.05, 3.63) is 76.9 Å². The van der Waals surface area contributed by atoms with Crippen molar-refractivity contribution in [3.8, 4) is 11.3 Å². The van der Waals surface area contributed by atoms with Crippen LogP contribution in [0.25, 0.3) is 17.3 Å². The molecule has 3 aromatic rings. The standard InChI is InChI=1S/C22H18FN3O2S/c23-17-8-6-15(7-9-17)19-13-29-22(25-19)26-20(27)12-3-14-1-4-16(5-2-14)21(28)24-18-10-11-18/h1-9,12-13,18H,10-11H2,(H,24,28)(H,25,26,27)/b12-3+. The van der Waals surface area contributed by atoms with Crippen molar-refractivity contribution in [2.75, 3.05) is 5.32 Å². The second-order valence-corrected chi connectivity index (χ2v) is 7.60. The predicted molar refractivity (Wildman–Crippen MR) is 112 cm³/mol. The van der Waals surface area contributed by atoms with Crippen LogP contribution in [0.15, 0.2) is 60.0 Å². The maximum Gasteiger partial charge on any atom is 0.251 e. The quantitative estimate of drug-likeness (QED) is 0.592. The Labute approximate surface area is 171 Å². The minimum Gasteiger partial charge on any atom is -0.349 e. The maximum absolute atomic E-state index is 13.0. The molecule has 5 nitrogen and oxygen atoms in total. The molecule has 29 heavy (non-hydrogen) atoms. The molecule has 0 aliphatic heterocycles. The van der Waals surface area contributed by atoms with Crippen LogP contribution in [0, 0.1) is 5.82 Å². The highest BCUT2D eigenvalue weighted by atomic mass is 32.1. The van der Waals surface area contributed by atoms with Crippen molar-refractivity contribution in [3.63, 3.8) is 0 Å². The third-order valence-electron chi connectivity index (χ3n) is 4.39. The van der Waals surface area contributed by atoms with E-state index in [1.165, 1.54) is 29.5 Å². The van der Waals surface area contributed by atoms with E-state index in [1.807, 2.05) is 0 Å². The van der Waals surface area contributed by atoms with E-state index in [-0.39, 0.29) is 17.6 Å². The fourth-order valence-corrected chi connectivity index (χ4v) is 3.37. The zero-order valence-corrected chi connectivity index (χ0v) is 16.2. The fourth-order valence-electron chi connectivity index (χ4n) is 2.65. The molecule has 0 radical (unpaired) electrons. The first-order chi connectivity index (χ1) is 14.1. The number of hydrogen-bond donors (Lipinski definition) is 2. The van der Waals surface area contributed by atoms with Crippen molar-refractivity contribution in [2.24, 2.45) is 0 Å². The number of nitrogens with one attached hydrogen (secondary N) is 2. The van der Waals surface area contributed by atoms with Gasteiger partial charge in [-0.1, -0.05) is 12.1 Å². The predicted octanol–water partition coefficient (Wildman–Crippen LogP) is 4.49. The van der Waals surface area contributed by atoms with Gasteiger partial charge in [0.2, 0.25) is 5.91 Å². The summed E-state index contributed by atoms with van der Waals surface area (Å²) in [5.41, 5.74) is 2.88. The van der Waals surface area contributed by atoms with Crippen LogP contribution >= 0.6 is 11.3 Å². The number of benzene rings is 2. The minimum absolute atomic E-state index is 0.0681. The molecule has 1 aliphatic carbocycles. The zero-order chi connectivity index (χ0) is 20.2. The smallest absolute Gasteiger partial charge is 0.251 e. The highest BCUT2D eigenvalue weighted by Gasteiger charge is 2.23. The summed E-state index contributed by atoms with van der Waals surface area (Å²) in [7, 11) is 0. The number of rotatable bonds is 6. The molecule has 0 unspecified atom stereocenters. The van der Waals surface area contributed by atoms with Gasteiger partial charge in [0.15, 0.2) is 5.13 Å². The van der Waals surface area contributed by atoms with Crippen LogP contribution in [0.1, 0.15) is 28.8 Å². The number of carbonyl (C=O) groups excluding carboxylic acids is 2. The highest BCUT2D eigenvalue weighted by molar-refractivity contribution is 7.14. The molecule has 1 heterocycles. The van der Waals surface area contributed by atoms with Gasteiger partial charge in [0.05, 0.1) is 5.69 Å². The van der Waals surface area contributed by atoms with E-state index in [2.05, 4.69) is 15.6 Å². The average Bonchev–Trinajstić information content (AvgIpc) is 3.42. The summed E-state index contributed by atoms with van der Waals surface area (Å²) >= 11 is 1.30. The first kappa shape index (κ1) is 19.0. The van der Waals surface area contributed by atoms with E-state index >= 15 is 0 Å². The first-order valence-electron chi connectivity index (χ1n) is 9.18. The molecule has 2 amide bonds. The van der Waals surface area contributed by atoms with Gasteiger partial charge in [-0.3, -0.25) is 14.9 Å². The number of aromatic nitrogens is 1. The number of anilines is 1. The van der Waals surface area contributed by atoms with E-state index in [9.17, 15) is 14.0 Å². The van der Waals surface area contributed by atoms with Crippen LogP contribution in [0.5, 0.6) is 0 Å². The fraction of sp³-hybridized carbons (Fsp3) is 0.136. The van der Waals surface area contributed by atoms with Crippen molar-refractivity contribution in [1.29, 1.82) is 0 Å².